The average molecular weight is 729 g/mol. The molecule has 0 aromatic heterocycles. The molecule has 3 aromatic rings. The third kappa shape index (κ3) is 6.50. The summed E-state index contributed by atoms with van der Waals surface area (Å²) >= 11 is 14.8. The van der Waals surface area contributed by atoms with E-state index in [0.29, 0.717) is 0 Å². The Morgan fingerprint density at radius 2 is 1.59 bits per heavy atom. The number of alkyl halides is 7. The van der Waals surface area contributed by atoms with Crippen LogP contribution in [0.5, 0.6) is 0 Å². The number of halogens is 11. The third-order valence-corrected chi connectivity index (χ3v) is 7.91. The van der Waals surface area contributed by atoms with Crippen molar-refractivity contribution in [2.24, 2.45) is 5.92 Å². The number of carbonyl (C=O) groups is 2. The number of anilines is 2. The zero-order valence-corrected chi connectivity index (χ0v) is 24.8. The summed E-state index contributed by atoms with van der Waals surface area (Å²) in [5.74, 6) is -2.65. The lowest BCUT2D eigenvalue weighted by Gasteiger charge is -2.30. The minimum atomic E-state index is -6.39. The normalized spacial score (nSPS) is 13.8. The Morgan fingerprint density at radius 1 is 0.955 bits per heavy atom. The number of amides is 2. The fraction of sp³-hybridized carbons (Fsp3) is 0.250. The SMILES string of the molecule is N#Cc1ccc(C(=O)N(CC2CC2)c2cc(C(=O)Nc3c(Cl)cc(C(F)(C(F)(F)F)C(F)(F)F)cc3Br)ccc2F)c(Cl)c1. The summed E-state index contributed by atoms with van der Waals surface area (Å²) < 4.78 is 108. The topological polar surface area (TPSA) is 73.2 Å². The molecule has 3 aromatic carbocycles. The number of hydrogen-bond acceptors (Lipinski definition) is 3. The van der Waals surface area contributed by atoms with Crippen molar-refractivity contribution in [2.45, 2.75) is 30.9 Å². The van der Waals surface area contributed by atoms with Crippen molar-refractivity contribution in [1.29, 1.82) is 5.26 Å². The molecule has 0 bridgehead atoms. The van der Waals surface area contributed by atoms with E-state index < -0.39 is 56.4 Å². The maximum absolute atomic E-state index is 15.1. The lowest BCUT2D eigenvalue weighted by molar-refractivity contribution is -0.348. The van der Waals surface area contributed by atoms with Gasteiger partial charge in [-0.1, -0.05) is 23.2 Å². The van der Waals surface area contributed by atoms with E-state index in [1.807, 2.05) is 6.07 Å². The summed E-state index contributed by atoms with van der Waals surface area (Å²) in [5, 5.41) is 10.3. The van der Waals surface area contributed by atoms with Crippen molar-refractivity contribution >= 4 is 62.3 Å². The van der Waals surface area contributed by atoms with E-state index in [1.54, 1.807) is 0 Å². The smallest absolute Gasteiger partial charge is 0.320 e. The highest BCUT2D eigenvalue weighted by molar-refractivity contribution is 9.10. The molecular formula is C28H16BrCl2F8N3O2. The monoisotopic (exact) mass is 727 g/mol. The first-order valence-corrected chi connectivity index (χ1v) is 13.9. The van der Waals surface area contributed by atoms with Crippen molar-refractivity contribution < 1.29 is 44.7 Å². The van der Waals surface area contributed by atoms with Gasteiger partial charge < -0.3 is 10.2 Å². The number of nitriles is 1. The largest absolute Gasteiger partial charge is 0.435 e. The van der Waals surface area contributed by atoms with Gasteiger partial charge in [-0.05, 0) is 83.2 Å². The Hall–Kier alpha value is -3.41. The van der Waals surface area contributed by atoms with Gasteiger partial charge in [-0.2, -0.15) is 31.6 Å². The lowest BCUT2D eigenvalue weighted by Crippen LogP contribution is -2.50. The Morgan fingerprint density at radius 3 is 2.11 bits per heavy atom. The zero-order valence-electron chi connectivity index (χ0n) is 21.7. The Labute approximate surface area is 262 Å². The van der Waals surface area contributed by atoms with Gasteiger partial charge in [0.25, 0.3) is 11.8 Å². The molecule has 0 aliphatic heterocycles. The molecule has 1 aliphatic rings. The summed E-state index contributed by atoms with van der Waals surface area (Å²) in [5.41, 5.74) is -8.63. The summed E-state index contributed by atoms with van der Waals surface area (Å²) in [6.07, 6.45) is -11.3. The molecule has 232 valence electrons. The molecule has 1 aliphatic carbocycles. The maximum atomic E-state index is 15.1. The van der Waals surface area contributed by atoms with Crippen LogP contribution in [0, 0.1) is 23.1 Å². The Balaban J connectivity index is 1.68. The van der Waals surface area contributed by atoms with E-state index in [2.05, 4.69) is 21.2 Å². The van der Waals surface area contributed by atoms with Crippen molar-refractivity contribution in [3.8, 4) is 6.07 Å². The molecular weight excluding hydrogens is 713 g/mol. The van der Waals surface area contributed by atoms with Gasteiger partial charge in [0.15, 0.2) is 0 Å². The van der Waals surface area contributed by atoms with Gasteiger partial charge in [-0.3, -0.25) is 9.59 Å². The number of benzene rings is 3. The highest BCUT2D eigenvalue weighted by Crippen LogP contribution is 2.54. The molecule has 1 N–H and O–H groups in total. The van der Waals surface area contributed by atoms with Gasteiger partial charge in [0, 0.05) is 22.1 Å². The predicted octanol–water partition coefficient (Wildman–Crippen LogP) is 9.37. The van der Waals surface area contributed by atoms with Crippen LogP contribution in [0.4, 0.5) is 46.5 Å². The molecule has 44 heavy (non-hydrogen) atoms. The van der Waals surface area contributed by atoms with Crippen LogP contribution in [0.15, 0.2) is 53.0 Å². The predicted molar refractivity (Wildman–Crippen MR) is 149 cm³/mol. The molecule has 0 spiro atoms. The molecule has 0 atom stereocenters. The average Bonchev–Trinajstić information content (AvgIpc) is 3.76. The molecule has 2 amide bonds. The number of nitrogens with zero attached hydrogens (tertiary/aromatic N) is 2. The van der Waals surface area contributed by atoms with E-state index in [9.17, 15) is 40.3 Å². The standard InChI is InChI=1S/C28H16BrCl2F8N3O2/c29-18-9-16(26(33,27(34,35)36)28(37,38)39)10-20(31)23(18)41-24(43)15-4-6-21(32)22(8-15)42(12-13-1-2-13)25(44)17-5-3-14(11-40)7-19(17)30/h3-10,13H,1-2,12H2,(H,41,43). The highest BCUT2D eigenvalue weighted by Gasteiger charge is 2.73. The number of hydrogen-bond donors (Lipinski definition) is 1. The summed E-state index contributed by atoms with van der Waals surface area (Å²) in [4.78, 5) is 27.6. The first-order valence-electron chi connectivity index (χ1n) is 12.3. The quantitative estimate of drug-likeness (QED) is 0.247. The molecule has 4 rings (SSSR count). The van der Waals surface area contributed by atoms with E-state index in [4.69, 9.17) is 28.5 Å². The maximum Gasteiger partial charge on any atom is 0.435 e. The van der Waals surface area contributed by atoms with Crippen LogP contribution >= 0.6 is 39.1 Å². The van der Waals surface area contributed by atoms with E-state index in [0.717, 1.165) is 35.9 Å². The summed E-state index contributed by atoms with van der Waals surface area (Å²) in [6, 6.07) is 8.93. The van der Waals surface area contributed by atoms with Gasteiger partial charge in [-0.15, -0.1) is 0 Å². The second kappa shape index (κ2) is 12.2. The van der Waals surface area contributed by atoms with Crippen LogP contribution in [-0.4, -0.2) is 30.7 Å². The van der Waals surface area contributed by atoms with Gasteiger partial charge >= 0.3 is 18.0 Å². The van der Waals surface area contributed by atoms with Crippen molar-refractivity contribution in [2.75, 3.05) is 16.8 Å². The molecule has 0 radical (unpaired) electrons. The number of nitrogens with one attached hydrogen (secondary N) is 1. The minimum Gasteiger partial charge on any atom is -0.320 e. The molecule has 5 nitrogen and oxygen atoms in total. The Bertz CT molecular complexity index is 1650. The van der Waals surface area contributed by atoms with Crippen molar-refractivity contribution in [1.82, 2.24) is 0 Å². The Kier molecular flexibility index (Phi) is 9.26. The second-order valence-electron chi connectivity index (χ2n) is 9.75. The van der Waals surface area contributed by atoms with Gasteiger partial charge in [-0.25, -0.2) is 8.78 Å². The van der Waals surface area contributed by atoms with Gasteiger partial charge in [0.05, 0.1) is 38.6 Å². The first-order chi connectivity index (χ1) is 20.4. The zero-order chi connectivity index (χ0) is 32.8. The molecule has 0 saturated heterocycles. The first kappa shape index (κ1) is 33.5. The summed E-state index contributed by atoms with van der Waals surface area (Å²) in [7, 11) is 0. The van der Waals surface area contributed by atoms with Crippen LogP contribution in [-0.2, 0) is 5.67 Å². The minimum absolute atomic E-state index is 0.0253. The molecule has 1 fully saturated rings. The van der Waals surface area contributed by atoms with Crippen LogP contribution in [0.2, 0.25) is 10.0 Å². The third-order valence-electron chi connectivity index (χ3n) is 6.67. The molecule has 1 saturated carbocycles. The van der Waals surface area contributed by atoms with E-state index in [1.165, 1.54) is 18.2 Å². The second-order valence-corrected chi connectivity index (χ2v) is 11.4. The van der Waals surface area contributed by atoms with Crippen molar-refractivity contribution in [3.05, 3.63) is 91.1 Å². The van der Waals surface area contributed by atoms with Gasteiger partial charge in [0.2, 0.25) is 0 Å². The molecule has 0 unspecified atom stereocenters. The fourth-order valence-corrected chi connectivity index (χ4v) is 5.38. The van der Waals surface area contributed by atoms with Crippen LogP contribution in [0.3, 0.4) is 0 Å². The number of rotatable bonds is 7. The highest BCUT2D eigenvalue weighted by atomic mass is 79.9. The molecule has 16 heteroatoms. The lowest BCUT2D eigenvalue weighted by atomic mass is 9.94. The van der Waals surface area contributed by atoms with E-state index in [-0.39, 0.29) is 52.0 Å². The fourth-order valence-electron chi connectivity index (χ4n) is 4.18. The van der Waals surface area contributed by atoms with E-state index >= 15 is 4.39 Å². The van der Waals surface area contributed by atoms with Crippen molar-refractivity contribution in [3.63, 3.8) is 0 Å². The van der Waals surface area contributed by atoms with Crippen LogP contribution < -0.4 is 10.2 Å². The number of carbonyl (C=O) groups excluding carboxylic acids is 2. The van der Waals surface area contributed by atoms with Crippen LogP contribution in [0.25, 0.3) is 0 Å². The molecule has 0 heterocycles. The summed E-state index contributed by atoms with van der Waals surface area (Å²) in [6.45, 7) is 0.0549. The van der Waals surface area contributed by atoms with Gasteiger partial charge in [0.1, 0.15) is 5.82 Å². The van der Waals surface area contributed by atoms with Crippen LogP contribution in [0.1, 0.15) is 44.7 Å².